The molecule has 0 bridgehead atoms. The second-order valence-corrected chi connectivity index (χ2v) is 7.76. The highest BCUT2D eigenvalue weighted by atomic mass is 16.3. The van der Waals surface area contributed by atoms with Crippen LogP contribution in [0.2, 0.25) is 0 Å². The van der Waals surface area contributed by atoms with E-state index >= 15 is 0 Å². The Morgan fingerprint density at radius 3 is 2.30 bits per heavy atom. The molecule has 5 heteroatoms. The van der Waals surface area contributed by atoms with E-state index in [2.05, 4.69) is 43.6 Å². The Labute approximate surface area is 138 Å². The van der Waals surface area contributed by atoms with Crippen LogP contribution in [0.15, 0.2) is 30.3 Å². The van der Waals surface area contributed by atoms with Gasteiger partial charge < -0.3 is 21.1 Å². The number of hydrogen-bond donors (Lipinski definition) is 4. The molecule has 1 aliphatic rings. The average Bonchev–Trinajstić information content (AvgIpc) is 2.42. The summed E-state index contributed by atoms with van der Waals surface area (Å²) in [5.41, 5.74) is 0.862. The van der Waals surface area contributed by atoms with E-state index in [9.17, 15) is 9.90 Å². The van der Waals surface area contributed by atoms with Crippen molar-refractivity contribution < 1.29 is 9.90 Å². The predicted molar refractivity (Wildman–Crippen MR) is 92.3 cm³/mol. The second-order valence-electron chi connectivity index (χ2n) is 7.76. The molecular weight excluding hydrogens is 290 g/mol. The van der Waals surface area contributed by atoms with E-state index in [0.717, 1.165) is 18.4 Å². The van der Waals surface area contributed by atoms with Gasteiger partial charge in [0.25, 0.3) is 0 Å². The molecule has 1 fully saturated rings. The van der Waals surface area contributed by atoms with Crippen LogP contribution >= 0.6 is 0 Å². The maximum absolute atomic E-state index is 12.3. The Balaban J connectivity index is 1.96. The zero-order valence-corrected chi connectivity index (χ0v) is 14.5. The predicted octanol–water partition coefficient (Wildman–Crippen LogP) is 2.33. The van der Waals surface area contributed by atoms with Crippen molar-refractivity contribution in [3.8, 4) is 0 Å². The molecule has 4 N–H and O–H groups in total. The molecule has 2 rings (SSSR count). The fraction of sp³-hybridized carbons (Fsp3) is 0.611. The van der Waals surface area contributed by atoms with Gasteiger partial charge in [-0.2, -0.15) is 0 Å². The Hall–Kier alpha value is -1.59. The quantitative estimate of drug-likeness (QED) is 0.688. The molecule has 5 nitrogen and oxygen atoms in total. The number of piperidine rings is 1. The number of aliphatic hydroxyl groups is 1. The molecule has 23 heavy (non-hydrogen) atoms. The van der Waals surface area contributed by atoms with Crippen LogP contribution in [-0.4, -0.2) is 34.9 Å². The average molecular weight is 319 g/mol. The van der Waals surface area contributed by atoms with Crippen molar-refractivity contribution in [2.24, 2.45) is 0 Å². The fourth-order valence-electron chi connectivity index (χ4n) is 3.73. The first-order valence-corrected chi connectivity index (χ1v) is 8.23. The van der Waals surface area contributed by atoms with Gasteiger partial charge in [0, 0.05) is 17.1 Å². The van der Waals surface area contributed by atoms with Gasteiger partial charge in [-0.15, -0.1) is 0 Å². The number of amides is 2. The van der Waals surface area contributed by atoms with E-state index in [-0.39, 0.29) is 35.8 Å². The fourth-order valence-corrected chi connectivity index (χ4v) is 3.73. The largest absolute Gasteiger partial charge is 0.394 e. The molecule has 1 unspecified atom stereocenters. The molecule has 0 saturated carbocycles. The van der Waals surface area contributed by atoms with Crippen LogP contribution in [0.5, 0.6) is 0 Å². The maximum atomic E-state index is 12.3. The SMILES string of the molecule is CC1(C)CC(NC(=O)NC(CO)c2ccccc2)CC(C)(C)N1. The van der Waals surface area contributed by atoms with E-state index in [4.69, 9.17) is 0 Å². The minimum absolute atomic E-state index is 0.0183. The number of benzene rings is 1. The maximum Gasteiger partial charge on any atom is 0.315 e. The third-order valence-electron chi connectivity index (χ3n) is 4.22. The van der Waals surface area contributed by atoms with Crippen LogP contribution in [0.1, 0.15) is 52.1 Å². The van der Waals surface area contributed by atoms with Crippen molar-refractivity contribution in [1.29, 1.82) is 0 Å². The molecule has 0 aromatic heterocycles. The van der Waals surface area contributed by atoms with E-state index in [0.29, 0.717) is 0 Å². The molecule has 0 aliphatic carbocycles. The van der Waals surface area contributed by atoms with Gasteiger partial charge in [0.05, 0.1) is 12.6 Å². The number of rotatable bonds is 4. The summed E-state index contributed by atoms with van der Waals surface area (Å²) in [6.07, 6.45) is 1.75. The third kappa shape index (κ3) is 5.22. The van der Waals surface area contributed by atoms with Crippen molar-refractivity contribution in [2.75, 3.05) is 6.61 Å². The standard InChI is InChI=1S/C18H29N3O2/c1-17(2)10-14(11-18(3,4)21-17)19-16(23)20-15(12-22)13-8-6-5-7-9-13/h5-9,14-15,21-22H,10-12H2,1-4H3,(H2,19,20,23). The first-order chi connectivity index (χ1) is 10.7. The molecule has 1 aromatic rings. The van der Waals surface area contributed by atoms with Crippen molar-refractivity contribution in [1.82, 2.24) is 16.0 Å². The number of aliphatic hydroxyl groups excluding tert-OH is 1. The number of urea groups is 1. The first-order valence-electron chi connectivity index (χ1n) is 8.23. The number of carbonyl (C=O) groups excluding carboxylic acids is 1. The zero-order valence-electron chi connectivity index (χ0n) is 14.5. The van der Waals surface area contributed by atoms with Crippen molar-refractivity contribution in [3.63, 3.8) is 0 Å². The van der Waals surface area contributed by atoms with Gasteiger partial charge >= 0.3 is 6.03 Å². The van der Waals surface area contributed by atoms with Gasteiger partial charge in [0.2, 0.25) is 0 Å². The minimum atomic E-state index is -0.390. The van der Waals surface area contributed by atoms with E-state index in [1.165, 1.54) is 0 Å². The van der Waals surface area contributed by atoms with Crippen molar-refractivity contribution >= 4 is 6.03 Å². The minimum Gasteiger partial charge on any atom is -0.394 e. The van der Waals surface area contributed by atoms with Crippen molar-refractivity contribution in [3.05, 3.63) is 35.9 Å². The molecule has 1 heterocycles. The molecule has 1 aromatic carbocycles. The molecule has 2 amide bonds. The van der Waals surface area contributed by atoms with E-state index in [1.807, 2.05) is 30.3 Å². The van der Waals surface area contributed by atoms with Crippen LogP contribution in [0, 0.1) is 0 Å². The lowest BCUT2D eigenvalue weighted by atomic mass is 9.80. The molecule has 1 atom stereocenters. The third-order valence-corrected chi connectivity index (χ3v) is 4.22. The highest BCUT2D eigenvalue weighted by Gasteiger charge is 2.38. The summed E-state index contributed by atoms with van der Waals surface area (Å²) in [6, 6.07) is 9.00. The summed E-state index contributed by atoms with van der Waals surface area (Å²) in [7, 11) is 0. The molecule has 1 saturated heterocycles. The lowest BCUT2D eigenvalue weighted by Crippen LogP contribution is -2.62. The number of hydrogen-bond acceptors (Lipinski definition) is 3. The summed E-state index contributed by atoms with van der Waals surface area (Å²) in [6.45, 7) is 8.49. The molecular formula is C18H29N3O2. The van der Waals surface area contributed by atoms with Gasteiger partial charge in [0.1, 0.15) is 0 Å². The summed E-state index contributed by atoms with van der Waals surface area (Å²) >= 11 is 0. The first kappa shape index (κ1) is 17.8. The van der Waals surface area contributed by atoms with Gasteiger partial charge in [-0.1, -0.05) is 30.3 Å². The topological polar surface area (TPSA) is 73.4 Å². The second kappa shape index (κ2) is 6.89. The molecule has 0 spiro atoms. The van der Waals surface area contributed by atoms with Crippen molar-refractivity contribution in [2.45, 2.75) is 63.7 Å². The number of nitrogens with one attached hydrogen (secondary N) is 3. The summed E-state index contributed by atoms with van der Waals surface area (Å²) in [5.74, 6) is 0. The zero-order chi connectivity index (χ0) is 17.1. The van der Waals surface area contributed by atoms with Crippen LogP contribution in [0.25, 0.3) is 0 Å². The lowest BCUT2D eigenvalue weighted by molar-refractivity contribution is 0.146. The molecule has 1 aliphatic heterocycles. The Morgan fingerprint density at radius 1 is 1.22 bits per heavy atom. The molecule has 0 radical (unpaired) electrons. The van der Waals surface area contributed by atoms with Gasteiger partial charge in [-0.25, -0.2) is 4.79 Å². The summed E-state index contributed by atoms with van der Waals surface area (Å²) < 4.78 is 0. The number of carbonyl (C=O) groups is 1. The van der Waals surface area contributed by atoms with Gasteiger partial charge in [0.15, 0.2) is 0 Å². The monoisotopic (exact) mass is 319 g/mol. The van der Waals surface area contributed by atoms with Crippen LogP contribution < -0.4 is 16.0 Å². The normalized spacial score (nSPS) is 21.4. The Morgan fingerprint density at radius 2 is 1.78 bits per heavy atom. The van der Waals surface area contributed by atoms with Gasteiger partial charge in [-0.3, -0.25) is 0 Å². The Kier molecular flexibility index (Phi) is 5.32. The molecule has 128 valence electrons. The Bertz CT molecular complexity index is 512. The van der Waals surface area contributed by atoms with Crippen LogP contribution in [0.3, 0.4) is 0 Å². The highest BCUT2D eigenvalue weighted by Crippen LogP contribution is 2.28. The highest BCUT2D eigenvalue weighted by molar-refractivity contribution is 5.74. The lowest BCUT2D eigenvalue weighted by Gasteiger charge is -2.46. The van der Waals surface area contributed by atoms with Crippen LogP contribution in [0.4, 0.5) is 4.79 Å². The van der Waals surface area contributed by atoms with Crippen LogP contribution in [-0.2, 0) is 0 Å². The smallest absolute Gasteiger partial charge is 0.315 e. The summed E-state index contributed by atoms with van der Waals surface area (Å²) in [5, 5.41) is 19.1. The van der Waals surface area contributed by atoms with Gasteiger partial charge in [-0.05, 0) is 46.1 Å². The summed E-state index contributed by atoms with van der Waals surface area (Å²) in [4.78, 5) is 12.3. The van der Waals surface area contributed by atoms with E-state index in [1.54, 1.807) is 0 Å². The van der Waals surface area contributed by atoms with E-state index < -0.39 is 0 Å².